The molecule has 3 heteroatoms. The zero-order chi connectivity index (χ0) is 19.4. The third kappa shape index (κ3) is 4.60. The van der Waals surface area contributed by atoms with Crippen LogP contribution in [0, 0.1) is 17.3 Å². The summed E-state index contributed by atoms with van der Waals surface area (Å²) in [6.45, 7) is 8.57. The maximum absolute atomic E-state index is 12.5. The summed E-state index contributed by atoms with van der Waals surface area (Å²) in [4.78, 5) is 12.5. The van der Waals surface area contributed by atoms with E-state index < -0.39 is 0 Å². The molecule has 1 fully saturated rings. The van der Waals surface area contributed by atoms with Crippen LogP contribution in [-0.4, -0.2) is 5.97 Å². The third-order valence-corrected chi connectivity index (χ3v) is 5.35. The van der Waals surface area contributed by atoms with E-state index in [1.165, 1.54) is 11.1 Å². The predicted octanol–water partition coefficient (Wildman–Crippen LogP) is 5.71. The van der Waals surface area contributed by atoms with Crippen LogP contribution in [0.15, 0.2) is 70.9 Å². The lowest BCUT2D eigenvalue weighted by atomic mass is 10.1. The average Bonchev–Trinajstić information content (AvgIpc) is 2.95. The van der Waals surface area contributed by atoms with E-state index in [4.69, 9.17) is 9.15 Å². The second-order valence-electron chi connectivity index (χ2n) is 7.93. The lowest BCUT2D eigenvalue weighted by molar-refractivity contribution is -0.147. The van der Waals surface area contributed by atoms with E-state index in [1.807, 2.05) is 37.3 Å². The number of rotatable bonds is 7. The predicted molar refractivity (Wildman–Crippen MR) is 107 cm³/mol. The average molecular weight is 364 g/mol. The minimum Gasteiger partial charge on any atom is -0.469 e. The highest BCUT2D eigenvalue weighted by molar-refractivity contribution is 5.78. The maximum Gasteiger partial charge on any atom is 0.310 e. The maximum atomic E-state index is 12.5. The number of benzene rings is 1. The van der Waals surface area contributed by atoms with Gasteiger partial charge in [-0.25, -0.2) is 0 Å². The largest absolute Gasteiger partial charge is 0.469 e. The molecule has 142 valence electrons. The Bertz CT molecular complexity index is 840. The van der Waals surface area contributed by atoms with Crippen LogP contribution in [0.3, 0.4) is 0 Å². The lowest BCUT2D eigenvalue weighted by Crippen LogP contribution is -2.10. The van der Waals surface area contributed by atoms with Gasteiger partial charge in [-0.1, -0.05) is 68.0 Å². The van der Waals surface area contributed by atoms with Gasteiger partial charge in [-0.15, -0.1) is 0 Å². The van der Waals surface area contributed by atoms with E-state index in [0.29, 0.717) is 0 Å². The minimum atomic E-state index is -0.125. The molecule has 0 spiro atoms. The molecule has 2 unspecified atom stereocenters. The molecule has 0 aliphatic heterocycles. The fourth-order valence-electron chi connectivity index (χ4n) is 3.68. The van der Waals surface area contributed by atoms with Crippen molar-refractivity contribution in [1.29, 1.82) is 0 Å². The van der Waals surface area contributed by atoms with Crippen molar-refractivity contribution in [2.45, 2.75) is 40.7 Å². The molecule has 1 aromatic carbocycles. The van der Waals surface area contributed by atoms with Crippen LogP contribution < -0.4 is 0 Å². The number of furan rings is 1. The first kappa shape index (κ1) is 19.2. The van der Waals surface area contributed by atoms with Crippen molar-refractivity contribution in [2.75, 3.05) is 0 Å². The van der Waals surface area contributed by atoms with Crippen molar-refractivity contribution in [1.82, 2.24) is 0 Å². The Kier molecular flexibility index (Phi) is 5.69. The molecule has 27 heavy (non-hydrogen) atoms. The van der Waals surface area contributed by atoms with E-state index in [2.05, 4.69) is 45.1 Å². The van der Waals surface area contributed by atoms with E-state index in [0.717, 1.165) is 17.7 Å². The van der Waals surface area contributed by atoms with E-state index in [9.17, 15) is 4.79 Å². The summed E-state index contributed by atoms with van der Waals surface area (Å²) in [5, 5.41) is 0. The number of hydrogen-bond donors (Lipinski definition) is 0. The van der Waals surface area contributed by atoms with Gasteiger partial charge < -0.3 is 9.15 Å². The molecule has 3 nitrogen and oxygen atoms in total. The molecule has 0 bridgehead atoms. The smallest absolute Gasteiger partial charge is 0.310 e. The molecule has 0 amide bonds. The number of esters is 1. The Balaban J connectivity index is 1.55. The highest BCUT2D eigenvalue weighted by atomic mass is 16.5. The zero-order valence-corrected chi connectivity index (χ0v) is 16.6. The van der Waals surface area contributed by atoms with Gasteiger partial charge in [0.25, 0.3) is 0 Å². The van der Waals surface area contributed by atoms with Gasteiger partial charge in [-0.2, -0.15) is 0 Å². The summed E-state index contributed by atoms with van der Waals surface area (Å²) in [5.41, 5.74) is 3.23. The molecule has 0 saturated heterocycles. The van der Waals surface area contributed by atoms with Crippen LogP contribution in [0.1, 0.15) is 44.6 Å². The van der Waals surface area contributed by atoms with Crippen molar-refractivity contribution in [3.8, 4) is 0 Å². The van der Waals surface area contributed by atoms with Crippen molar-refractivity contribution in [3.05, 3.63) is 83.3 Å². The Morgan fingerprint density at radius 2 is 1.96 bits per heavy atom. The van der Waals surface area contributed by atoms with Gasteiger partial charge in [0.05, 0.1) is 12.2 Å². The summed E-state index contributed by atoms with van der Waals surface area (Å²) >= 11 is 0. The van der Waals surface area contributed by atoms with Gasteiger partial charge in [-0.3, -0.25) is 4.79 Å². The van der Waals surface area contributed by atoms with Crippen LogP contribution in [0.4, 0.5) is 0 Å². The van der Waals surface area contributed by atoms with E-state index >= 15 is 0 Å². The summed E-state index contributed by atoms with van der Waals surface area (Å²) < 4.78 is 11.2. The Morgan fingerprint density at radius 1 is 1.22 bits per heavy atom. The molecule has 1 aliphatic rings. The topological polar surface area (TPSA) is 39.4 Å². The lowest BCUT2D eigenvalue weighted by Gasteiger charge is -2.03. The first-order chi connectivity index (χ1) is 12.9. The first-order valence-corrected chi connectivity index (χ1v) is 9.49. The highest BCUT2D eigenvalue weighted by Crippen LogP contribution is 2.59. The second kappa shape index (κ2) is 7.99. The quantitative estimate of drug-likeness (QED) is 0.467. The molecule has 2 atom stereocenters. The fourth-order valence-corrected chi connectivity index (χ4v) is 3.68. The number of carbonyl (C=O) groups is 1. The molecule has 2 aromatic rings. The van der Waals surface area contributed by atoms with Crippen molar-refractivity contribution < 1.29 is 13.9 Å². The molecule has 1 heterocycles. The second-order valence-corrected chi connectivity index (χ2v) is 7.93. The standard InChI is InChI=1S/C24H28O3/c1-5-9-17(2)12-21-22(24(21,3)4)23(25)27-16-19-14-20(26-15-19)13-18-10-7-6-8-11-18/h5-12,14-15,21-22H,13,16H2,1-4H3. The van der Waals surface area contributed by atoms with Gasteiger partial charge in [0.1, 0.15) is 12.4 Å². The highest BCUT2D eigenvalue weighted by Gasteiger charge is 2.61. The van der Waals surface area contributed by atoms with Crippen molar-refractivity contribution in [2.24, 2.45) is 17.3 Å². The van der Waals surface area contributed by atoms with Gasteiger partial charge in [0.2, 0.25) is 0 Å². The number of ether oxygens (including phenoxy) is 1. The van der Waals surface area contributed by atoms with Crippen LogP contribution in [0.2, 0.25) is 0 Å². The molecule has 1 saturated carbocycles. The molecule has 3 rings (SSSR count). The van der Waals surface area contributed by atoms with Gasteiger partial charge in [0.15, 0.2) is 0 Å². The first-order valence-electron chi connectivity index (χ1n) is 9.49. The van der Waals surface area contributed by atoms with Gasteiger partial charge in [-0.05, 0) is 36.8 Å². The monoisotopic (exact) mass is 364 g/mol. The van der Waals surface area contributed by atoms with Crippen molar-refractivity contribution in [3.63, 3.8) is 0 Å². The summed E-state index contributed by atoms with van der Waals surface area (Å²) in [6, 6.07) is 12.1. The number of carbonyl (C=O) groups excluding carboxylic acids is 1. The number of hydrogen-bond acceptors (Lipinski definition) is 3. The normalized spacial score (nSPS) is 21.4. The third-order valence-electron chi connectivity index (χ3n) is 5.35. The number of allylic oxidation sites excluding steroid dienone is 4. The Hall–Kier alpha value is -2.55. The molecule has 0 radical (unpaired) electrons. The van der Waals surface area contributed by atoms with Crippen LogP contribution in [0.5, 0.6) is 0 Å². The summed E-state index contributed by atoms with van der Waals surface area (Å²) in [7, 11) is 0. The van der Waals surface area contributed by atoms with Crippen LogP contribution in [-0.2, 0) is 22.6 Å². The summed E-state index contributed by atoms with van der Waals surface area (Å²) in [5.74, 6) is 0.912. The molecular formula is C24H28O3. The van der Waals surface area contributed by atoms with E-state index in [1.54, 1.807) is 6.26 Å². The Morgan fingerprint density at radius 3 is 2.67 bits per heavy atom. The SMILES string of the molecule is CC=CC(C)=CC1C(C(=O)OCc2coc(Cc3ccccc3)c2)C1(C)C. The Labute approximate surface area is 161 Å². The zero-order valence-electron chi connectivity index (χ0n) is 16.6. The fraction of sp³-hybridized carbons (Fsp3) is 0.375. The van der Waals surface area contributed by atoms with Crippen molar-refractivity contribution >= 4 is 5.97 Å². The van der Waals surface area contributed by atoms with Gasteiger partial charge in [0, 0.05) is 12.0 Å². The summed E-state index contributed by atoms with van der Waals surface area (Å²) in [6.07, 6.45) is 8.68. The van der Waals surface area contributed by atoms with Crippen LogP contribution >= 0.6 is 0 Å². The molecule has 1 aliphatic carbocycles. The minimum absolute atomic E-state index is 0.0468. The van der Waals surface area contributed by atoms with Gasteiger partial charge >= 0.3 is 5.97 Å². The molecular weight excluding hydrogens is 336 g/mol. The molecule has 1 aromatic heterocycles. The van der Waals surface area contributed by atoms with Crippen LogP contribution in [0.25, 0.3) is 0 Å². The molecule has 0 N–H and O–H groups in total. The van der Waals surface area contributed by atoms with E-state index in [-0.39, 0.29) is 29.8 Å².